The fourth-order valence-electron chi connectivity index (χ4n) is 2.87. The highest BCUT2D eigenvalue weighted by atomic mass is 35.5. The normalized spacial score (nSPS) is 26.0. The number of thioether (sulfide) groups is 1. The van der Waals surface area contributed by atoms with Crippen molar-refractivity contribution in [3.05, 3.63) is 29.3 Å². The molecule has 2 heterocycles. The average Bonchev–Trinajstić information content (AvgIpc) is 2.97. The van der Waals surface area contributed by atoms with Crippen LogP contribution in [0.2, 0.25) is 5.02 Å². The zero-order chi connectivity index (χ0) is 18.2. The van der Waals surface area contributed by atoms with Crippen molar-refractivity contribution in [1.29, 1.82) is 0 Å². The van der Waals surface area contributed by atoms with Gasteiger partial charge in [0.2, 0.25) is 5.91 Å². The highest BCUT2D eigenvalue weighted by molar-refractivity contribution is 8.16. The number of carboxylic acid groups (broad SMARTS) is 1. The minimum atomic E-state index is -3.16. The molecule has 2 fully saturated rings. The third-order valence-corrected chi connectivity index (χ3v) is 7.48. The summed E-state index contributed by atoms with van der Waals surface area (Å²) in [5.74, 6) is -1.63. The van der Waals surface area contributed by atoms with E-state index in [1.54, 1.807) is 29.2 Å². The molecule has 134 valence electrons. The van der Waals surface area contributed by atoms with Crippen LogP contribution >= 0.6 is 23.4 Å². The van der Waals surface area contributed by atoms with Crippen molar-refractivity contribution in [2.45, 2.75) is 24.1 Å². The summed E-state index contributed by atoms with van der Waals surface area (Å²) in [6, 6.07) is 6.61. The van der Waals surface area contributed by atoms with Crippen LogP contribution in [0.5, 0.6) is 0 Å². The van der Waals surface area contributed by atoms with E-state index in [4.69, 9.17) is 16.7 Å². The number of benzene rings is 1. The second kappa shape index (κ2) is 6.97. The monoisotopic (exact) mass is 402 g/mol. The van der Waals surface area contributed by atoms with Crippen molar-refractivity contribution in [2.24, 2.45) is 4.99 Å². The van der Waals surface area contributed by atoms with Gasteiger partial charge in [0, 0.05) is 11.7 Å². The van der Waals surface area contributed by atoms with Gasteiger partial charge in [0.15, 0.2) is 15.0 Å². The van der Waals surface area contributed by atoms with Crippen LogP contribution in [-0.4, -0.2) is 53.4 Å². The SMILES string of the molecule is O=C(O)CCC(=O)N=C1S[C@H]2CS(=O)(=O)C[C@H]2N1c1ccccc1Cl. The Labute approximate surface area is 154 Å². The third kappa shape index (κ3) is 3.99. The first-order valence-corrected chi connectivity index (χ1v) is 10.6. The summed E-state index contributed by atoms with van der Waals surface area (Å²) in [5, 5.41) is 9.25. The zero-order valence-corrected chi connectivity index (χ0v) is 15.4. The van der Waals surface area contributed by atoms with E-state index in [-0.39, 0.29) is 35.6 Å². The predicted molar refractivity (Wildman–Crippen MR) is 97.1 cm³/mol. The summed E-state index contributed by atoms with van der Waals surface area (Å²) in [4.78, 5) is 28.3. The van der Waals surface area contributed by atoms with E-state index >= 15 is 0 Å². The quantitative estimate of drug-likeness (QED) is 0.818. The maximum atomic E-state index is 12.0. The molecule has 2 aliphatic heterocycles. The van der Waals surface area contributed by atoms with Crippen LogP contribution in [0.15, 0.2) is 29.3 Å². The number of anilines is 1. The van der Waals surface area contributed by atoms with Gasteiger partial charge in [-0.1, -0.05) is 35.5 Å². The van der Waals surface area contributed by atoms with Crippen LogP contribution in [0, 0.1) is 0 Å². The number of carbonyl (C=O) groups excluding carboxylic acids is 1. The number of hydrogen-bond donors (Lipinski definition) is 1. The van der Waals surface area contributed by atoms with E-state index in [0.29, 0.717) is 15.9 Å². The lowest BCUT2D eigenvalue weighted by atomic mass is 10.2. The maximum absolute atomic E-state index is 12.0. The van der Waals surface area contributed by atoms with Crippen LogP contribution in [0.1, 0.15) is 12.8 Å². The molecule has 0 bridgehead atoms. The number of para-hydroxylation sites is 1. The molecule has 1 aromatic rings. The van der Waals surface area contributed by atoms with E-state index < -0.39 is 21.7 Å². The fourth-order valence-corrected chi connectivity index (χ4v) is 7.02. The predicted octanol–water partition coefficient (Wildman–Crippen LogP) is 1.81. The molecule has 0 aliphatic carbocycles. The minimum absolute atomic E-state index is 0.0195. The van der Waals surface area contributed by atoms with Gasteiger partial charge < -0.3 is 10.0 Å². The highest BCUT2D eigenvalue weighted by Gasteiger charge is 2.49. The van der Waals surface area contributed by atoms with Gasteiger partial charge in [-0.25, -0.2) is 8.42 Å². The van der Waals surface area contributed by atoms with Gasteiger partial charge in [0.05, 0.1) is 34.7 Å². The number of halogens is 1. The minimum Gasteiger partial charge on any atom is -0.481 e. The van der Waals surface area contributed by atoms with Crippen LogP contribution in [0.4, 0.5) is 5.69 Å². The lowest BCUT2D eigenvalue weighted by Crippen LogP contribution is -2.37. The van der Waals surface area contributed by atoms with Gasteiger partial charge in [-0.2, -0.15) is 4.99 Å². The van der Waals surface area contributed by atoms with Crippen molar-refractivity contribution in [3.63, 3.8) is 0 Å². The average molecular weight is 403 g/mol. The van der Waals surface area contributed by atoms with E-state index in [1.165, 1.54) is 11.8 Å². The molecule has 2 atom stereocenters. The molecule has 0 spiro atoms. The molecule has 25 heavy (non-hydrogen) atoms. The number of sulfone groups is 1. The van der Waals surface area contributed by atoms with Crippen molar-refractivity contribution in [2.75, 3.05) is 16.4 Å². The van der Waals surface area contributed by atoms with Crippen molar-refractivity contribution >= 4 is 55.9 Å². The van der Waals surface area contributed by atoms with E-state index in [2.05, 4.69) is 4.99 Å². The molecule has 1 amide bonds. The number of hydrogen-bond acceptors (Lipinski definition) is 5. The first kappa shape index (κ1) is 18.2. The Morgan fingerprint density at radius 1 is 1.28 bits per heavy atom. The summed E-state index contributed by atoms with van der Waals surface area (Å²) in [6.07, 6.45) is -0.503. The topological polar surface area (TPSA) is 104 Å². The maximum Gasteiger partial charge on any atom is 0.303 e. The van der Waals surface area contributed by atoms with E-state index in [1.807, 2.05) is 0 Å². The molecule has 0 saturated carbocycles. The molecule has 3 rings (SSSR count). The Hall–Kier alpha value is -1.58. The van der Waals surface area contributed by atoms with Crippen LogP contribution in [0.3, 0.4) is 0 Å². The number of aliphatic carboxylic acids is 1. The number of carbonyl (C=O) groups is 2. The molecular weight excluding hydrogens is 388 g/mol. The Morgan fingerprint density at radius 2 is 2.00 bits per heavy atom. The summed E-state index contributed by atoms with van der Waals surface area (Å²) in [6.45, 7) is 0. The lowest BCUT2D eigenvalue weighted by molar-refractivity contribution is -0.138. The second-order valence-electron chi connectivity index (χ2n) is 5.80. The summed E-state index contributed by atoms with van der Waals surface area (Å²) in [5.41, 5.74) is 0.589. The van der Waals surface area contributed by atoms with Gasteiger partial charge in [-0.05, 0) is 12.1 Å². The zero-order valence-electron chi connectivity index (χ0n) is 13.0. The Kier molecular flexibility index (Phi) is 5.08. The van der Waals surface area contributed by atoms with Gasteiger partial charge in [0.25, 0.3) is 0 Å². The van der Waals surface area contributed by atoms with Crippen molar-refractivity contribution in [1.82, 2.24) is 0 Å². The van der Waals surface area contributed by atoms with Crippen LogP contribution in [-0.2, 0) is 19.4 Å². The highest BCUT2D eigenvalue weighted by Crippen LogP contribution is 2.42. The molecule has 0 radical (unpaired) electrons. The summed E-state index contributed by atoms with van der Waals surface area (Å²) >= 11 is 7.48. The number of aliphatic imine (C=N–C) groups is 1. The Bertz CT molecular complexity index is 855. The fraction of sp³-hybridized carbons (Fsp3) is 0.400. The molecule has 2 saturated heterocycles. The number of carboxylic acids is 1. The van der Waals surface area contributed by atoms with Gasteiger partial charge in [0.1, 0.15) is 0 Å². The summed E-state index contributed by atoms with van der Waals surface area (Å²) in [7, 11) is -3.16. The number of fused-ring (bicyclic) bond motifs is 1. The van der Waals surface area contributed by atoms with Crippen molar-refractivity contribution in [3.8, 4) is 0 Å². The molecule has 0 aromatic heterocycles. The van der Waals surface area contributed by atoms with E-state index in [0.717, 1.165) is 0 Å². The molecule has 0 unspecified atom stereocenters. The number of nitrogens with zero attached hydrogens (tertiary/aromatic N) is 2. The molecule has 7 nitrogen and oxygen atoms in total. The van der Waals surface area contributed by atoms with Gasteiger partial charge in [-0.3, -0.25) is 9.59 Å². The van der Waals surface area contributed by atoms with E-state index in [9.17, 15) is 18.0 Å². The summed E-state index contributed by atoms with van der Waals surface area (Å²) < 4.78 is 23.9. The smallest absolute Gasteiger partial charge is 0.303 e. The standard InChI is InChI=1S/C15H15ClN2O5S2/c16-9-3-1-2-4-10(9)18-11-7-25(22,23)8-12(11)24-15(18)17-13(19)5-6-14(20)21/h1-4,11-12H,5-8H2,(H,20,21)/t11-,12+/m1/s1. The molecule has 2 aliphatic rings. The number of rotatable bonds is 4. The van der Waals surface area contributed by atoms with Crippen molar-refractivity contribution < 1.29 is 23.1 Å². The second-order valence-corrected chi connectivity index (χ2v) is 9.57. The Balaban J connectivity index is 1.94. The lowest BCUT2D eigenvalue weighted by Gasteiger charge is -2.25. The first-order valence-electron chi connectivity index (χ1n) is 7.51. The number of amidine groups is 1. The van der Waals surface area contributed by atoms with Crippen LogP contribution < -0.4 is 4.90 Å². The first-order chi connectivity index (χ1) is 11.8. The van der Waals surface area contributed by atoms with Gasteiger partial charge >= 0.3 is 5.97 Å². The molecule has 10 heteroatoms. The van der Waals surface area contributed by atoms with Gasteiger partial charge in [-0.15, -0.1) is 0 Å². The Morgan fingerprint density at radius 3 is 2.68 bits per heavy atom. The third-order valence-electron chi connectivity index (χ3n) is 3.95. The molecule has 1 N–H and O–H groups in total. The number of amides is 1. The molecule has 1 aromatic carbocycles. The largest absolute Gasteiger partial charge is 0.481 e. The van der Waals surface area contributed by atoms with Crippen LogP contribution in [0.25, 0.3) is 0 Å². The molecular formula is C15H15ClN2O5S2.